The van der Waals surface area contributed by atoms with Gasteiger partial charge in [0.2, 0.25) is 15.9 Å². The van der Waals surface area contributed by atoms with E-state index in [0.717, 1.165) is 16.7 Å². The molecule has 1 aliphatic rings. The maximum atomic E-state index is 13.3. The van der Waals surface area contributed by atoms with Crippen LogP contribution >= 0.6 is 0 Å². The lowest BCUT2D eigenvalue weighted by Gasteiger charge is -2.34. The zero-order valence-corrected chi connectivity index (χ0v) is 21.4. The van der Waals surface area contributed by atoms with E-state index in [4.69, 9.17) is 4.52 Å². The fourth-order valence-electron chi connectivity index (χ4n) is 4.30. The van der Waals surface area contributed by atoms with Gasteiger partial charge in [0.1, 0.15) is 6.04 Å². The molecular formula is C26H32N4O4S. The molecule has 2 aromatic carbocycles. The average Bonchev–Trinajstić information content (AvgIpc) is 3.33. The Labute approximate surface area is 206 Å². The van der Waals surface area contributed by atoms with E-state index in [1.165, 1.54) is 0 Å². The number of sulfonamides is 1. The zero-order chi connectivity index (χ0) is 25.2. The molecule has 3 aromatic rings. The molecule has 1 N–H and O–H groups in total. The van der Waals surface area contributed by atoms with Crippen molar-refractivity contribution in [3.8, 4) is 11.5 Å². The van der Waals surface area contributed by atoms with Crippen molar-refractivity contribution >= 4 is 15.9 Å². The molecule has 1 aromatic heterocycles. The summed E-state index contributed by atoms with van der Waals surface area (Å²) in [5.74, 6) is 0.831. The van der Waals surface area contributed by atoms with E-state index >= 15 is 0 Å². The van der Waals surface area contributed by atoms with Gasteiger partial charge in [-0.2, -0.15) is 9.71 Å². The molecule has 1 fully saturated rings. The summed E-state index contributed by atoms with van der Waals surface area (Å²) in [5, 5.41) is 4.20. The zero-order valence-electron chi connectivity index (χ0n) is 20.6. The maximum absolute atomic E-state index is 13.3. The molecule has 0 unspecified atom stereocenters. The summed E-state index contributed by atoms with van der Waals surface area (Å²) in [5.41, 5.74) is 2.95. The van der Waals surface area contributed by atoms with Gasteiger partial charge in [-0.25, -0.2) is 8.42 Å². The SMILES string of the molecule is Cc1ccc(S(=O)(=O)N[C@@H](C(=O)N2CCC(c3noc(-c4ccccc4C)n3)CC2)C(C)C)cc1. The van der Waals surface area contributed by atoms with Crippen molar-refractivity contribution in [1.29, 1.82) is 0 Å². The van der Waals surface area contributed by atoms with Gasteiger partial charge in [0.15, 0.2) is 5.82 Å². The Hall–Kier alpha value is -3.04. The van der Waals surface area contributed by atoms with Crippen LogP contribution < -0.4 is 4.72 Å². The number of hydrogen-bond donors (Lipinski definition) is 1. The van der Waals surface area contributed by atoms with Crippen LogP contribution in [0.4, 0.5) is 0 Å². The van der Waals surface area contributed by atoms with E-state index in [2.05, 4.69) is 14.9 Å². The number of likely N-dealkylation sites (tertiary alicyclic amines) is 1. The van der Waals surface area contributed by atoms with Crippen LogP contribution in [0.1, 0.15) is 49.6 Å². The Kier molecular flexibility index (Phi) is 7.37. The van der Waals surface area contributed by atoms with E-state index in [0.29, 0.717) is 37.6 Å². The quantitative estimate of drug-likeness (QED) is 0.529. The van der Waals surface area contributed by atoms with E-state index in [9.17, 15) is 13.2 Å². The normalized spacial score (nSPS) is 16.0. The van der Waals surface area contributed by atoms with Crippen LogP contribution in [-0.2, 0) is 14.8 Å². The van der Waals surface area contributed by atoms with Gasteiger partial charge in [-0.3, -0.25) is 4.79 Å². The van der Waals surface area contributed by atoms with Gasteiger partial charge in [0.25, 0.3) is 5.89 Å². The van der Waals surface area contributed by atoms with Crippen molar-refractivity contribution in [3.63, 3.8) is 0 Å². The predicted octanol–water partition coefficient (Wildman–Crippen LogP) is 4.06. The molecule has 186 valence electrons. The van der Waals surface area contributed by atoms with Crippen LogP contribution in [0.25, 0.3) is 11.5 Å². The van der Waals surface area contributed by atoms with E-state index < -0.39 is 16.1 Å². The maximum Gasteiger partial charge on any atom is 0.258 e. The molecule has 1 amide bonds. The third-order valence-electron chi connectivity index (χ3n) is 6.54. The van der Waals surface area contributed by atoms with Crippen molar-refractivity contribution in [2.75, 3.05) is 13.1 Å². The molecular weight excluding hydrogens is 464 g/mol. The second kappa shape index (κ2) is 10.3. The molecule has 1 atom stereocenters. The molecule has 4 rings (SSSR count). The highest BCUT2D eigenvalue weighted by atomic mass is 32.2. The van der Waals surface area contributed by atoms with Crippen LogP contribution in [0, 0.1) is 19.8 Å². The van der Waals surface area contributed by atoms with Crippen LogP contribution in [0.3, 0.4) is 0 Å². The number of nitrogens with zero attached hydrogens (tertiary/aromatic N) is 3. The number of rotatable bonds is 7. The number of carbonyl (C=O) groups is 1. The van der Waals surface area contributed by atoms with Gasteiger partial charge in [0.05, 0.1) is 4.90 Å². The lowest BCUT2D eigenvalue weighted by atomic mass is 9.94. The summed E-state index contributed by atoms with van der Waals surface area (Å²) < 4.78 is 34.0. The summed E-state index contributed by atoms with van der Waals surface area (Å²) in [4.78, 5) is 19.8. The molecule has 1 aliphatic heterocycles. The van der Waals surface area contributed by atoms with E-state index in [1.54, 1.807) is 29.2 Å². The first-order valence-corrected chi connectivity index (χ1v) is 13.4. The molecule has 0 spiro atoms. The van der Waals surface area contributed by atoms with Crippen molar-refractivity contribution in [1.82, 2.24) is 19.8 Å². The van der Waals surface area contributed by atoms with Crippen LogP contribution in [0.5, 0.6) is 0 Å². The number of aryl methyl sites for hydroxylation is 2. The highest BCUT2D eigenvalue weighted by Gasteiger charge is 2.34. The van der Waals surface area contributed by atoms with Crippen LogP contribution in [0.15, 0.2) is 57.9 Å². The van der Waals surface area contributed by atoms with Gasteiger partial charge in [-0.05, 0) is 56.4 Å². The number of benzene rings is 2. The first-order valence-electron chi connectivity index (χ1n) is 11.9. The highest BCUT2D eigenvalue weighted by molar-refractivity contribution is 7.89. The van der Waals surface area contributed by atoms with Gasteiger partial charge in [0, 0.05) is 24.6 Å². The Bertz CT molecular complexity index is 1280. The smallest absolute Gasteiger partial charge is 0.258 e. The summed E-state index contributed by atoms with van der Waals surface area (Å²) >= 11 is 0. The standard InChI is InChI=1S/C26H32N4O4S/c1-17(2)23(29-35(32,33)21-11-9-18(3)10-12-21)26(31)30-15-13-20(14-16-30)24-27-25(34-28-24)22-8-6-5-7-19(22)4/h5-12,17,20,23,29H,13-16H2,1-4H3/t23-/m1/s1. The summed E-state index contributed by atoms with van der Waals surface area (Å²) in [6.45, 7) is 8.60. The largest absolute Gasteiger partial charge is 0.341 e. The van der Waals surface area contributed by atoms with Gasteiger partial charge >= 0.3 is 0 Å². The van der Waals surface area contributed by atoms with Gasteiger partial charge < -0.3 is 9.42 Å². The molecule has 0 radical (unpaired) electrons. The molecule has 0 saturated carbocycles. The second-order valence-electron chi connectivity index (χ2n) is 9.53. The minimum absolute atomic E-state index is 0.0855. The number of nitrogens with one attached hydrogen (secondary N) is 1. The lowest BCUT2D eigenvalue weighted by Crippen LogP contribution is -2.52. The first kappa shape index (κ1) is 25.1. The fraction of sp³-hybridized carbons (Fsp3) is 0.423. The molecule has 35 heavy (non-hydrogen) atoms. The number of aromatic nitrogens is 2. The van der Waals surface area contributed by atoms with Gasteiger partial charge in [-0.15, -0.1) is 0 Å². The fourth-order valence-corrected chi connectivity index (χ4v) is 5.64. The van der Waals surface area contributed by atoms with Crippen LogP contribution in [0.2, 0.25) is 0 Å². The molecule has 0 aliphatic carbocycles. The molecule has 1 saturated heterocycles. The predicted molar refractivity (Wildman–Crippen MR) is 133 cm³/mol. The summed E-state index contributed by atoms with van der Waals surface area (Å²) in [7, 11) is -3.82. The molecule has 2 heterocycles. The third kappa shape index (κ3) is 5.62. The molecule has 0 bridgehead atoms. The average molecular weight is 497 g/mol. The van der Waals surface area contributed by atoms with E-state index in [1.807, 2.05) is 52.0 Å². The Morgan fingerprint density at radius 2 is 1.71 bits per heavy atom. The monoisotopic (exact) mass is 496 g/mol. The minimum Gasteiger partial charge on any atom is -0.341 e. The van der Waals surface area contributed by atoms with Crippen LogP contribution in [-0.4, -0.2) is 48.5 Å². The Morgan fingerprint density at radius 3 is 2.34 bits per heavy atom. The van der Waals surface area contributed by atoms with E-state index in [-0.39, 0.29) is 22.6 Å². The topological polar surface area (TPSA) is 105 Å². The summed E-state index contributed by atoms with van der Waals surface area (Å²) in [6, 6.07) is 13.6. The van der Waals surface area contributed by atoms with Crippen molar-refractivity contribution in [2.45, 2.75) is 57.4 Å². The first-order chi connectivity index (χ1) is 16.7. The number of amides is 1. The minimum atomic E-state index is -3.82. The molecule has 9 heteroatoms. The number of hydrogen-bond acceptors (Lipinski definition) is 6. The number of carbonyl (C=O) groups excluding carboxylic acids is 1. The molecule has 8 nitrogen and oxygen atoms in total. The Balaban J connectivity index is 1.41. The number of piperidine rings is 1. The van der Waals surface area contributed by atoms with Crippen molar-refractivity contribution in [2.24, 2.45) is 5.92 Å². The summed E-state index contributed by atoms with van der Waals surface area (Å²) in [6.07, 6.45) is 1.38. The Morgan fingerprint density at radius 1 is 1.06 bits per heavy atom. The lowest BCUT2D eigenvalue weighted by molar-refractivity contribution is -0.135. The highest BCUT2D eigenvalue weighted by Crippen LogP contribution is 2.29. The second-order valence-corrected chi connectivity index (χ2v) is 11.2. The van der Waals surface area contributed by atoms with Crippen molar-refractivity contribution < 1.29 is 17.7 Å². The third-order valence-corrected chi connectivity index (χ3v) is 7.99. The van der Waals surface area contributed by atoms with Gasteiger partial charge in [-0.1, -0.05) is 54.9 Å². The van der Waals surface area contributed by atoms with Crippen molar-refractivity contribution in [3.05, 3.63) is 65.5 Å².